The van der Waals surface area contributed by atoms with Crippen molar-refractivity contribution in [1.82, 2.24) is 25.7 Å². The van der Waals surface area contributed by atoms with Gasteiger partial charge in [0.25, 0.3) is 5.91 Å². The molecule has 2 atom stereocenters. The van der Waals surface area contributed by atoms with E-state index in [9.17, 15) is 18.8 Å². The van der Waals surface area contributed by atoms with Crippen LogP contribution in [0.4, 0.5) is 4.39 Å². The van der Waals surface area contributed by atoms with Gasteiger partial charge in [-0.05, 0) is 29.2 Å². The Morgan fingerprint density at radius 2 is 1.97 bits per heavy atom. The third kappa shape index (κ3) is 5.20. The Balaban J connectivity index is 1.62. The van der Waals surface area contributed by atoms with Gasteiger partial charge in [-0.2, -0.15) is 10.4 Å². The Hall–Kier alpha value is -4.26. The molecule has 1 aromatic heterocycles. The van der Waals surface area contributed by atoms with Crippen LogP contribution in [-0.4, -0.2) is 46.1 Å². The summed E-state index contributed by atoms with van der Waals surface area (Å²) in [6.07, 6.45) is 0.181. The number of hydrogen-bond donors (Lipinski definition) is 3. The number of carbonyl (C=O) groups excluding carboxylic acids is 3. The molecule has 3 aromatic rings. The van der Waals surface area contributed by atoms with Crippen LogP contribution >= 0.6 is 0 Å². The zero-order valence-electron chi connectivity index (χ0n) is 20.3. The molecule has 36 heavy (non-hydrogen) atoms. The van der Waals surface area contributed by atoms with Crippen molar-refractivity contribution in [2.45, 2.75) is 45.8 Å². The van der Waals surface area contributed by atoms with Gasteiger partial charge in [0.1, 0.15) is 17.4 Å². The summed E-state index contributed by atoms with van der Waals surface area (Å²) in [4.78, 5) is 37.9. The van der Waals surface area contributed by atoms with Gasteiger partial charge < -0.3 is 16.0 Å². The fourth-order valence-electron chi connectivity index (χ4n) is 4.20. The van der Waals surface area contributed by atoms with Gasteiger partial charge in [-0.1, -0.05) is 45.0 Å². The summed E-state index contributed by atoms with van der Waals surface area (Å²) >= 11 is 0. The van der Waals surface area contributed by atoms with Crippen LogP contribution in [0.5, 0.6) is 0 Å². The zero-order chi connectivity index (χ0) is 26.0. The van der Waals surface area contributed by atoms with E-state index in [4.69, 9.17) is 5.26 Å². The van der Waals surface area contributed by atoms with Crippen molar-refractivity contribution in [1.29, 1.82) is 5.26 Å². The molecule has 0 unspecified atom stereocenters. The maximum atomic E-state index is 14.9. The number of carbonyl (C=O) groups is 3. The van der Waals surface area contributed by atoms with E-state index >= 15 is 0 Å². The average molecular weight is 491 g/mol. The molecule has 0 saturated carbocycles. The molecule has 186 valence electrons. The first kappa shape index (κ1) is 24.9. The fourth-order valence-corrected chi connectivity index (χ4v) is 4.20. The van der Waals surface area contributed by atoms with Crippen molar-refractivity contribution in [3.05, 3.63) is 65.1 Å². The molecule has 1 aliphatic rings. The number of amides is 3. The van der Waals surface area contributed by atoms with Crippen LogP contribution in [-0.2, 0) is 16.1 Å². The maximum Gasteiger partial charge on any atom is 0.273 e. The predicted octanol–water partition coefficient (Wildman–Crippen LogP) is 2.24. The van der Waals surface area contributed by atoms with Crippen molar-refractivity contribution in [2.24, 2.45) is 5.41 Å². The van der Waals surface area contributed by atoms with Gasteiger partial charge in [0.15, 0.2) is 5.69 Å². The van der Waals surface area contributed by atoms with Gasteiger partial charge >= 0.3 is 0 Å². The summed E-state index contributed by atoms with van der Waals surface area (Å²) < 4.78 is 16.3. The molecule has 9 nitrogen and oxygen atoms in total. The van der Waals surface area contributed by atoms with Gasteiger partial charge in [-0.25, -0.2) is 4.39 Å². The predicted molar refractivity (Wildman–Crippen MR) is 130 cm³/mol. The van der Waals surface area contributed by atoms with Crippen LogP contribution in [0.3, 0.4) is 0 Å². The highest BCUT2D eigenvalue weighted by atomic mass is 19.1. The minimum Gasteiger partial charge on any atom is -0.354 e. The molecule has 3 amide bonds. The second kappa shape index (κ2) is 9.77. The van der Waals surface area contributed by atoms with Crippen LogP contribution in [0.15, 0.2) is 42.5 Å². The molecular weight excluding hydrogens is 463 g/mol. The maximum absolute atomic E-state index is 14.9. The van der Waals surface area contributed by atoms with E-state index in [1.54, 1.807) is 30.3 Å². The molecule has 1 saturated heterocycles. The Labute approximate surface area is 207 Å². The minimum atomic E-state index is -0.923. The van der Waals surface area contributed by atoms with E-state index in [0.717, 1.165) is 5.56 Å². The lowest BCUT2D eigenvalue weighted by atomic mass is 9.85. The number of para-hydroxylation sites is 1. The number of hydrogen-bond acceptors (Lipinski definition) is 5. The third-order valence-electron chi connectivity index (χ3n) is 6.08. The highest BCUT2D eigenvalue weighted by Crippen LogP contribution is 2.25. The summed E-state index contributed by atoms with van der Waals surface area (Å²) in [5, 5.41) is 22.0. The monoisotopic (exact) mass is 490 g/mol. The lowest BCUT2D eigenvalue weighted by molar-refractivity contribution is -0.126. The highest BCUT2D eigenvalue weighted by Gasteiger charge is 2.36. The van der Waals surface area contributed by atoms with Gasteiger partial charge in [-0.3, -0.25) is 19.1 Å². The van der Waals surface area contributed by atoms with Crippen LogP contribution in [0.25, 0.3) is 10.9 Å². The molecule has 10 heteroatoms. The van der Waals surface area contributed by atoms with Crippen LogP contribution in [0.1, 0.15) is 48.8 Å². The van der Waals surface area contributed by atoms with E-state index in [-0.39, 0.29) is 36.1 Å². The minimum absolute atomic E-state index is 0.00194. The molecule has 0 radical (unpaired) electrons. The highest BCUT2D eigenvalue weighted by molar-refractivity contribution is 6.06. The number of halogens is 1. The van der Waals surface area contributed by atoms with E-state index in [2.05, 4.69) is 27.1 Å². The summed E-state index contributed by atoms with van der Waals surface area (Å²) in [5.41, 5.74) is 0.791. The standard InChI is InChI=1S/C26H27FN6O3/c1-26(2,3)23(25(36)30-17-11-20(34)29-13-17)31-24(35)21-18-5-4-6-19(27)22(18)33(32-21)14-16-9-7-15(12-28)8-10-16/h4-10,17,23H,11,13-14H2,1-3H3,(H,29,34)(H,30,36)(H,31,35)/t17-,23-/m1/s1. The topological polar surface area (TPSA) is 129 Å². The second-order valence-corrected chi connectivity index (χ2v) is 9.94. The van der Waals surface area contributed by atoms with E-state index in [0.29, 0.717) is 17.5 Å². The summed E-state index contributed by atoms with van der Waals surface area (Å²) in [6.45, 7) is 5.96. The number of benzene rings is 2. The van der Waals surface area contributed by atoms with Gasteiger partial charge in [0, 0.05) is 18.4 Å². The van der Waals surface area contributed by atoms with E-state index in [1.807, 2.05) is 20.8 Å². The smallest absolute Gasteiger partial charge is 0.273 e. The Kier molecular flexibility index (Phi) is 6.75. The third-order valence-corrected chi connectivity index (χ3v) is 6.08. The average Bonchev–Trinajstić information content (AvgIpc) is 3.40. The molecule has 3 N–H and O–H groups in total. The van der Waals surface area contributed by atoms with Crippen LogP contribution < -0.4 is 16.0 Å². The zero-order valence-corrected chi connectivity index (χ0v) is 20.3. The van der Waals surface area contributed by atoms with Crippen LogP contribution in [0.2, 0.25) is 0 Å². The Bertz CT molecular complexity index is 1370. The molecule has 1 aliphatic heterocycles. The van der Waals surface area contributed by atoms with Gasteiger partial charge in [0.2, 0.25) is 11.8 Å². The van der Waals surface area contributed by atoms with Gasteiger partial charge in [-0.15, -0.1) is 0 Å². The lowest BCUT2D eigenvalue weighted by Gasteiger charge is -2.31. The quantitative estimate of drug-likeness (QED) is 0.488. The van der Waals surface area contributed by atoms with E-state index < -0.39 is 29.1 Å². The normalized spacial score (nSPS) is 16.3. The molecule has 0 spiro atoms. The SMILES string of the molecule is CC(C)(C)[C@H](NC(=O)c1nn(Cc2ccc(C#N)cc2)c2c(F)cccc12)C(=O)N[C@H]1CNC(=O)C1. The number of rotatable bonds is 6. The molecule has 0 aliphatic carbocycles. The van der Waals surface area contributed by atoms with Crippen molar-refractivity contribution < 1.29 is 18.8 Å². The summed E-state index contributed by atoms with van der Waals surface area (Å²) in [5.74, 6) is -1.70. The molecular formula is C26H27FN6O3. The van der Waals surface area contributed by atoms with Crippen molar-refractivity contribution in [3.63, 3.8) is 0 Å². The molecule has 0 bridgehead atoms. The van der Waals surface area contributed by atoms with Crippen molar-refractivity contribution >= 4 is 28.6 Å². The summed E-state index contributed by atoms with van der Waals surface area (Å²) in [6, 6.07) is 12.0. The van der Waals surface area contributed by atoms with Crippen molar-refractivity contribution in [3.8, 4) is 6.07 Å². The van der Waals surface area contributed by atoms with Crippen LogP contribution in [0, 0.1) is 22.6 Å². The second-order valence-electron chi connectivity index (χ2n) is 9.94. The number of nitrogens with zero attached hydrogens (tertiary/aromatic N) is 3. The largest absolute Gasteiger partial charge is 0.354 e. The molecule has 1 fully saturated rings. The number of aromatic nitrogens is 2. The summed E-state index contributed by atoms with van der Waals surface area (Å²) in [7, 11) is 0. The lowest BCUT2D eigenvalue weighted by Crippen LogP contribution is -2.55. The number of fused-ring (bicyclic) bond motifs is 1. The first-order valence-corrected chi connectivity index (χ1v) is 11.6. The number of nitrogens with one attached hydrogen (secondary N) is 3. The van der Waals surface area contributed by atoms with Crippen molar-refractivity contribution in [2.75, 3.05) is 6.54 Å². The molecule has 2 heterocycles. The van der Waals surface area contributed by atoms with Gasteiger partial charge in [0.05, 0.1) is 24.2 Å². The van der Waals surface area contributed by atoms with E-state index in [1.165, 1.54) is 16.8 Å². The fraction of sp³-hybridized carbons (Fsp3) is 0.346. The number of nitriles is 1. The first-order chi connectivity index (χ1) is 17.1. The molecule has 2 aromatic carbocycles. The molecule has 4 rings (SSSR count). The Morgan fingerprint density at radius 3 is 2.58 bits per heavy atom. The first-order valence-electron chi connectivity index (χ1n) is 11.6. The Morgan fingerprint density at radius 1 is 1.25 bits per heavy atom.